The summed E-state index contributed by atoms with van der Waals surface area (Å²) in [5.74, 6) is -1.66. The van der Waals surface area contributed by atoms with Crippen molar-refractivity contribution in [3.63, 3.8) is 0 Å². The molecular weight excluding hydrogens is 811 g/mol. The number of aliphatic carboxylic acids is 2. The van der Waals surface area contributed by atoms with Gasteiger partial charge in [0, 0.05) is 36.6 Å². The van der Waals surface area contributed by atoms with Crippen molar-refractivity contribution in [3.05, 3.63) is 200 Å². The van der Waals surface area contributed by atoms with Crippen LogP contribution in [0.4, 0.5) is 17.1 Å². The van der Waals surface area contributed by atoms with Crippen molar-refractivity contribution in [1.82, 2.24) is 0 Å². The van der Waals surface area contributed by atoms with Gasteiger partial charge in [-0.25, -0.2) is 9.64 Å². The molecule has 2 heterocycles. The average Bonchev–Trinajstić information content (AvgIpc) is 3.98. The summed E-state index contributed by atoms with van der Waals surface area (Å²) < 4.78 is 5.73. The molecule has 0 bridgehead atoms. The second kappa shape index (κ2) is 19.8. The predicted molar refractivity (Wildman–Crippen MR) is 253 cm³/mol. The van der Waals surface area contributed by atoms with Crippen LogP contribution in [0.25, 0.3) is 62.2 Å². The van der Waals surface area contributed by atoms with Gasteiger partial charge >= 0.3 is 11.9 Å². The van der Waals surface area contributed by atoms with Gasteiger partial charge in [0.2, 0.25) is 0 Å². The first-order valence-corrected chi connectivity index (χ1v) is 21.0. The molecule has 0 fully saturated rings. The molecule has 0 aliphatic carbocycles. The van der Waals surface area contributed by atoms with Crippen LogP contribution in [0.2, 0.25) is 0 Å². The Kier molecular flexibility index (Phi) is 13.5. The number of nitrogens with zero attached hydrogens (tertiary/aromatic N) is 3. The van der Waals surface area contributed by atoms with Crippen LogP contribution in [0.5, 0.6) is 5.75 Å². The molecule has 0 atom stereocenters. The van der Waals surface area contributed by atoms with E-state index in [1.165, 1.54) is 34.8 Å². The number of nitriles is 1. The van der Waals surface area contributed by atoms with Crippen molar-refractivity contribution in [1.29, 1.82) is 5.26 Å². The number of carbonyl (C=O) groups is 2. The number of ether oxygens (including phenoxy) is 1. The third kappa shape index (κ3) is 10.6. The standard InChI is InChI=1S/C52H37N3O5S2/c1-3-60-45-26-24-44(25-27-45)55(42-20-12-37(13-21-42)6-4-35-8-16-39(17-9-35)49-30-28-46(61-49)32-41(34-53)51(56)57)43-22-14-38(15-23-43)7-5-36-10-18-40(19-11-36)50-31-29-47(62-50)33-48(54-2)52(58)59/h4-33H,3H2,1H3,(H,56,57)(H,58,59)/b6-4+,7-5+,41-32+,48-33-. The van der Waals surface area contributed by atoms with Crippen LogP contribution in [-0.2, 0) is 9.59 Å². The number of rotatable bonds is 15. The summed E-state index contributed by atoms with van der Waals surface area (Å²) in [5.41, 5.74) is 8.56. The predicted octanol–water partition coefficient (Wildman–Crippen LogP) is 13.7. The van der Waals surface area contributed by atoms with Crippen LogP contribution in [0.3, 0.4) is 0 Å². The minimum atomic E-state index is -1.24. The molecule has 0 saturated heterocycles. The normalized spacial score (nSPS) is 11.7. The van der Waals surface area contributed by atoms with E-state index in [4.69, 9.17) is 21.7 Å². The Balaban J connectivity index is 1.04. The highest BCUT2D eigenvalue weighted by atomic mass is 32.1. The zero-order chi connectivity index (χ0) is 43.4. The van der Waals surface area contributed by atoms with E-state index in [0.717, 1.165) is 65.9 Å². The van der Waals surface area contributed by atoms with Gasteiger partial charge < -0.3 is 19.8 Å². The topological polar surface area (TPSA) is 115 Å². The van der Waals surface area contributed by atoms with Crippen LogP contribution in [-0.4, -0.2) is 28.8 Å². The van der Waals surface area contributed by atoms with Crippen molar-refractivity contribution in [3.8, 4) is 32.7 Å². The Morgan fingerprint density at radius 3 is 1.39 bits per heavy atom. The SMILES string of the molecule is [C-]#[N+]/C(=C\c1ccc(-c2ccc(/C=C/c3ccc(N(c4ccc(/C=C/c5ccc(-c6ccc(/C=C(\C#N)C(=O)O)s6)cc5)cc4)c4ccc(OCC)cc4)cc3)cc2)s1)C(=O)O. The van der Waals surface area contributed by atoms with Crippen LogP contribution in [0, 0.1) is 17.9 Å². The number of thiophene rings is 2. The summed E-state index contributed by atoms with van der Waals surface area (Å²) in [6.07, 6.45) is 11.1. The highest BCUT2D eigenvalue weighted by Gasteiger charge is 2.14. The minimum absolute atomic E-state index is 0.294. The monoisotopic (exact) mass is 847 g/mol. The summed E-state index contributed by atoms with van der Waals surface area (Å²) in [5, 5.41) is 27.4. The Morgan fingerprint density at radius 2 is 1.02 bits per heavy atom. The first-order valence-electron chi connectivity index (χ1n) is 19.4. The third-order valence-electron chi connectivity index (χ3n) is 9.54. The second-order valence-corrected chi connectivity index (χ2v) is 15.9. The number of carboxylic acid groups (broad SMARTS) is 2. The molecule has 10 heteroatoms. The van der Waals surface area contributed by atoms with E-state index in [0.29, 0.717) is 16.4 Å². The Hall–Kier alpha value is -8.02. The molecule has 62 heavy (non-hydrogen) atoms. The summed E-state index contributed by atoms with van der Waals surface area (Å²) in [6, 6.07) is 50.4. The number of hydrogen-bond acceptors (Lipinski definition) is 7. The van der Waals surface area contributed by atoms with Gasteiger partial charge in [-0.1, -0.05) is 97.1 Å². The minimum Gasteiger partial charge on any atom is -0.494 e. The molecule has 0 spiro atoms. The van der Waals surface area contributed by atoms with Gasteiger partial charge in [-0.15, -0.1) is 22.7 Å². The second-order valence-electron chi connectivity index (χ2n) is 13.7. The zero-order valence-electron chi connectivity index (χ0n) is 33.3. The smallest absolute Gasteiger partial charge is 0.346 e. The van der Waals surface area contributed by atoms with Gasteiger partial charge in [0.05, 0.1) is 13.2 Å². The maximum atomic E-state index is 11.2. The molecule has 0 aliphatic heterocycles. The molecule has 5 aromatic carbocycles. The number of benzene rings is 5. The molecule has 0 amide bonds. The van der Waals surface area contributed by atoms with Gasteiger partial charge in [-0.3, -0.25) is 4.79 Å². The van der Waals surface area contributed by atoms with Gasteiger partial charge in [0.1, 0.15) is 17.4 Å². The van der Waals surface area contributed by atoms with Crippen molar-refractivity contribution in [2.24, 2.45) is 0 Å². The lowest BCUT2D eigenvalue weighted by Crippen LogP contribution is -2.09. The molecular formula is C52H37N3O5S2. The molecule has 2 N–H and O–H groups in total. The third-order valence-corrected chi connectivity index (χ3v) is 11.7. The van der Waals surface area contributed by atoms with Crippen molar-refractivity contribution in [2.75, 3.05) is 11.5 Å². The van der Waals surface area contributed by atoms with Gasteiger partial charge in [0.15, 0.2) is 0 Å². The van der Waals surface area contributed by atoms with Gasteiger partial charge in [-0.2, -0.15) is 5.26 Å². The summed E-state index contributed by atoms with van der Waals surface area (Å²) in [7, 11) is 0. The van der Waals surface area contributed by atoms with E-state index in [-0.39, 0.29) is 11.3 Å². The van der Waals surface area contributed by atoms with E-state index in [2.05, 4.69) is 94.7 Å². The van der Waals surface area contributed by atoms with Crippen LogP contribution < -0.4 is 9.64 Å². The number of carboxylic acids is 2. The Bertz CT molecular complexity index is 2730. The van der Waals surface area contributed by atoms with Gasteiger partial charge in [-0.05, 0) is 125 Å². The lowest BCUT2D eigenvalue weighted by Gasteiger charge is -2.26. The Morgan fingerprint density at radius 1 is 0.613 bits per heavy atom. The fourth-order valence-electron chi connectivity index (χ4n) is 6.41. The number of hydrogen-bond donors (Lipinski definition) is 2. The number of anilines is 3. The fourth-order valence-corrected chi connectivity index (χ4v) is 8.32. The molecule has 8 nitrogen and oxygen atoms in total. The summed E-state index contributed by atoms with van der Waals surface area (Å²) >= 11 is 2.87. The molecule has 2 aromatic heterocycles. The van der Waals surface area contributed by atoms with E-state index in [1.54, 1.807) is 6.07 Å². The van der Waals surface area contributed by atoms with Crippen molar-refractivity contribution < 1.29 is 24.5 Å². The lowest BCUT2D eigenvalue weighted by molar-refractivity contribution is -0.133. The van der Waals surface area contributed by atoms with E-state index < -0.39 is 11.9 Å². The fraction of sp³-hybridized carbons (Fsp3) is 0.0385. The molecule has 7 rings (SSSR count). The average molecular weight is 848 g/mol. The zero-order valence-corrected chi connectivity index (χ0v) is 34.9. The van der Waals surface area contributed by atoms with Gasteiger partial charge in [0.25, 0.3) is 5.70 Å². The largest absolute Gasteiger partial charge is 0.494 e. The van der Waals surface area contributed by atoms with E-state index >= 15 is 0 Å². The maximum Gasteiger partial charge on any atom is 0.346 e. The molecule has 7 aromatic rings. The molecule has 0 saturated carbocycles. The highest BCUT2D eigenvalue weighted by Crippen LogP contribution is 2.37. The summed E-state index contributed by atoms with van der Waals surface area (Å²) in [6.45, 7) is 9.64. The first kappa shape index (κ1) is 42.1. The van der Waals surface area contributed by atoms with Crippen LogP contribution in [0.15, 0.2) is 157 Å². The first-order chi connectivity index (χ1) is 30.2. The molecule has 0 radical (unpaired) electrons. The summed E-state index contributed by atoms with van der Waals surface area (Å²) in [4.78, 5) is 31.1. The maximum absolute atomic E-state index is 11.2. The van der Waals surface area contributed by atoms with Crippen molar-refractivity contribution >= 4 is 88.1 Å². The molecule has 302 valence electrons. The molecule has 0 unspecified atom stereocenters. The lowest BCUT2D eigenvalue weighted by atomic mass is 10.1. The Labute approximate surface area is 367 Å². The van der Waals surface area contributed by atoms with Crippen LogP contribution >= 0.6 is 22.7 Å². The van der Waals surface area contributed by atoms with Crippen molar-refractivity contribution in [2.45, 2.75) is 6.92 Å². The molecule has 0 aliphatic rings. The van der Waals surface area contributed by atoms with E-state index in [1.807, 2.05) is 91.9 Å². The van der Waals surface area contributed by atoms with E-state index in [9.17, 15) is 14.7 Å². The van der Waals surface area contributed by atoms with Crippen LogP contribution in [0.1, 0.15) is 38.9 Å². The quantitative estimate of drug-likeness (QED) is 0.0457. The highest BCUT2D eigenvalue weighted by molar-refractivity contribution is 7.16.